The lowest BCUT2D eigenvalue weighted by Crippen LogP contribution is -2.36. The maximum atomic E-state index is 11.4. The van der Waals surface area contributed by atoms with Gasteiger partial charge in [0.25, 0.3) is 5.91 Å². The number of hydrogen-bond acceptors (Lipinski definition) is 4. The molecule has 4 N–H and O–H groups in total. The Labute approximate surface area is 91.1 Å². The number of aliphatic hydroxyl groups excluding tert-OH is 1. The Bertz CT molecular complexity index is 404. The van der Waals surface area contributed by atoms with E-state index in [9.17, 15) is 9.59 Å². The minimum absolute atomic E-state index is 0.0635. The summed E-state index contributed by atoms with van der Waals surface area (Å²) in [6, 6.07) is 5.59. The van der Waals surface area contributed by atoms with Gasteiger partial charge in [-0.25, -0.2) is 4.79 Å². The molecule has 0 bridgehead atoms. The summed E-state index contributed by atoms with van der Waals surface area (Å²) >= 11 is 0. The second-order valence-corrected chi connectivity index (χ2v) is 3.11. The monoisotopic (exact) mass is 225 g/mol. The number of phenols is 1. The Morgan fingerprint density at radius 2 is 2.06 bits per heavy atom. The fraction of sp³-hybridized carbons (Fsp3) is 0.200. The van der Waals surface area contributed by atoms with Gasteiger partial charge in [0.05, 0.1) is 6.54 Å². The molecule has 1 amide bonds. The molecule has 86 valence electrons. The van der Waals surface area contributed by atoms with Gasteiger partial charge >= 0.3 is 5.97 Å². The molecule has 0 fully saturated rings. The number of carboxylic acid groups (broad SMARTS) is 1. The molecule has 1 rings (SSSR count). The lowest BCUT2D eigenvalue weighted by molar-refractivity contribution is -0.146. The van der Waals surface area contributed by atoms with E-state index in [4.69, 9.17) is 15.3 Å². The van der Waals surface area contributed by atoms with Crippen LogP contribution in [-0.2, 0) is 4.79 Å². The van der Waals surface area contributed by atoms with E-state index in [-0.39, 0.29) is 17.9 Å². The van der Waals surface area contributed by atoms with E-state index >= 15 is 0 Å². The van der Waals surface area contributed by atoms with Gasteiger partial charge in [0.15, 0.2) is 6.10 Å². The second-order valence-electron chi connectivity index (χ2n) is 3.11. The van der Waals surface area contributed by atoms with Gasteiger partial charge in [-0.3, -0.25) is 4.79 Å². The van der Waals surface area contributed by atoms with Crippen LogP contribution >= 0.6 is 0 Å². The maximum absolute atomic E-state index is 11.4. The van der Waals surface area contributed by atoms with E-state index in [1.165, 1.54) is 24.3 Å². The summed E-state index contributed by atoms with van der Waals surface area (Å²) in [6.45, 7) is -0.385. The average Bonchev–Trinajstić information content (AvgIpc) is 2.25. The summed E-state index contributed by atoms with van der Waals surface area (Å²) < 4.78 is 0. The highest BCUT2D eigenvalue weighted by Gasteiger charge is 2.14. The van der Waals surface area contributed by atoms with Crippen molar-refractivity contribution < 1.29 is 24.9 Å². The summed E-state index contributed by atoms with van der Waals surface area (Å²) in [4.78, 5) is 21.7. The van der Waals surface area contributed by atoms with Crippen LogP contribution in [0.3, 0.4) is 0 Å². The summed E-state index contributed by atoms with van der Waals surface area (Å²) in [7, 11) is 0. The second kappa shape index (κ2) is 5.13. The molecule has 0 unspecified atom stereocenters. The van der Waals surface area contributed by atoms with Crippen molar-refractivity contribution in [3.8, 4) is 5.75 Å². The first-order valence-electron chi connectivity index (χ1n) is 4.49. The van der Waals surface area contributed by atoms with Gasteiger partial charge in [0, 0.05) is 5.56 Å². The number of aliphatic carboxylic acids is 1. The summed E-state index contributed by atoms with van der Waals surface area (Å²) in [5.41, 5.74) is 0.192. The van der Waals surface area contributed by atoms with Crippen molar-refractivity contribution >= 4 is 11.9 Å². The van der Waals surface area contributed by atoms with Crippen LogP contribution in [0.4, 0.5) is 0 Å². The van der Waals surface area contributed by atoms with Crippen LogP contribution in [-0.4, -0.2) is 39.8 Å². The minimum atomic E-state index is -1.64. The van der Waals surface area contributed by atoms with Crippen LogP contribution in [0.5, 0.6) is 5.75 Å². The molecule has 0 heterocycles. The number of hydrogen-bond donors (Lipinski definition) is 4. The lowest BCUT2D eigenvalue weighted by Gasteiger charge is -2.07. The Morgan fingerprint density at radius 3 is 2.62 bits per heavy atom. The van der Waals surface area contributed by atoms with Gasteiger partial charge < -0.3 is 20.6 Å². The Morgan fingerprint density at radius 1 is 1.38 bits per heavy atom. The molecule has 6 heteroatoms. The minimum Gasteiger partial charge on any atom is -0.508 e. The zero-order chi connectivity index (χ0) is 12.1. The largest absolute Gasteiger partial charge is 0.508 e. The van der Waals surface area contributed by atoms with Crippen molar-refractivity contribution in [3.63, 3.8) is 0 Å². The van der Waals surface area contributed by atoms with Crippen LogP contribution < -0.4 is 5.32 Å². The standard InChI is InChI=1S/C10H11NO5/c12-7-3-1-2-6(4-7)9(14)11-5-8(13)10(15)16/h1-4,8,12-13H,5H2,(H,11,14)(H,15,16)/t8-/m0/s1. The van der Waals surface area contributed by atoms with Crippen molar-refractivity contribution in [2.75, 3.05) is 6.54 Å². The highest BCUT2D eigenvalue weighted by atomic mass is 16.4. The van der Waals surface area contributed by atoms with E-state index < -0.39 is 18.0 Å². The van der Waals surface area contributed by atoms with E-state index in [1.54, 1.807) is 0 Å². The number of aromatic hydroxyl groups is 1. The SMILES string of the molecule is O=C(NC[C@H](O)C(=O)O)c1cccc(O)c1. The number of carboxylic acids is 1. The number of amides is 1. The molecule has 0 saturated heterocycles. The molecule has 0 aromatic heterocycles. The zero-order valence-electron chi connectivity index (χ0n) is 8.25. The van der Waals surface area contributed by atoms with Gasteiger partial charge in [-0.05, 0) is 18.2 Å². The molecule has 16 heavy (non-hydrogen) atoms. The number of aliphatic hydroxyl groups is 1. The molecule has 0 spiro atoms. The number of phenolic OH excluding ortho intramolecular Hbond substituents is 1. The smallest absolute Gasteiger partial charge is 0.334 e. The third kappa shape index (κ3) is 3.25. The predicted molar refractivity (Wildman–Crippen MR) is 54.1 cm³/mol. The number of carbonyl (C=O) groups is 2. The van der Waals surface area contributed by atoms with Crippen molar-refractivity contribution in [3.05, 3.63) is 29.8 Å². The molecular formula is C10H11NO5. The summed E-state index contributed by atoms with van der Waals surface area (Å²) in [5, 5.41) is 28.6. The molecule has 0 aliphatic rings. The van der Waals surface area contributed by atoms with Gasteiger partial charge in [-0.2, -0.15) is 0 Å². The molecule has 0 saturated carbocycles. The summed E-state index contributed by atoms with van der Waals surface area (Å²) in [6.07, 6.45) is -1.64. The fourth-order valence-electron chi connectivity index (χ4n) is 1.03. The van der Waals surface area contributed by atoms with Crippen molar-refractivity contribution in [2.24, 2.45) is 0 Å². The molecule has 1 atom stereocenters. The molecule has 1 aromatic carbocycles. The van der Waals surface area contributed by atoms with E-state index in [1.807, 2.05) is 0 Å². The molecule has 0 aliphatic heterocycles. The molecule has 0 aliphatic carbocycles. The fourth-order valence-corrected chi connectivity index (χ4v) is 1.03. The van der Waals surface area contributed by atoms with Crippen molar-refractivity contribution in [2.45, 2.75) is 6.10 Å². The van der Waals surface area contributed by atoms with Gasteiger partial charge in [-0.15, -0.1) is 0 Å². The first kappa shape index (κ1) is 12.0. The third-order valence-electron chi connectivity index (χ3n) is 1.85. The van der Waals surface area contributed by atoms with E-state index in [2.05, 4.69) is 5.32 Å². The molecule has 6 nitrogen and oxygen atoms in total. The first-order valence-corrected chi connectivity index (χ1v) is 4.49. The van der Waals surface area contributed by atoms with Crippen LogP contribution in [0.1, 0.15) is 10.4 Å². The van der Waals surface area contributed by atoms with Crippen LogP contribution in [0.2, 0.25) is 0 Å². The van der Waals surface area contributed by atoms with Crippen LogP contribution in [0, 0.1) is 0 Å². The van der Waals surface area contributed by atoms with Gasteiger partial charge in [0.1, 0.15) is 5.75 Å². The van der Waals surface area contributed by atoms with E-state index in [0.717, 1.165) is 0 Å². The van der Waals surface area contributed by atoms with Gasteiger partial charge in [-0.1, -0.05) is 6.07 Å². The zero-order valence-corrected chi connectivity index (χ0v) is 8.25. The Hall–Kier alpha value is -2.08. The van der Waals surface area contributed by atoms with Crippen molar-refractivity contribution in [1.82, 2.24) is 5.32 Å². The molecule has 1 aromatic rings. The number of rotatable bonds is 4. The topological polar surface area (TPSA) is 107 Å². The van der Waals surface area contributed by atoms with Crippen molar-refractivity contribution in [1.29, 1.82) is 0 Å². The Kier molecular flexibility index (Phi) is 3.84. The summed E-state index contributed by atoms with van der Waals surface area (Å²) in [5.74, 6) is -2.03. The quantitative estimate of drug-likeness (QED) is 0.556. The number of carbonyl (C=O) groups excluding carboxylic acids is 1. The highest BCUT2D eigenvalue weighted by Crippen LogP contribution is 2.10. The first-order chi connectivity index (χ1) is 7.50. The normalized spacial score (nSPS) is 11.8. The molecular weight excluding hydrogens is 214 g/mol. The van der Waals surface area contributed by atoms with Crippen LogP contribution in [0.15, 0.2) is 24.3 Å². The lowest BCUT2D eigenvalue weighted by atomic mass is 10.2. The number of nitrogens with one attached hydrogen (secondary N) is 1. The third-order valence-corrected chi connectivity index (χ3v) is 1.85. The average molecular weight is 225 g/mol. The highest BCUT2D eigenvalue weighted by molar-refractivity contribution is 5.94. The predicted octanol–water partition coefficient (Wildman–Crippen LogP) is -0.433. The number of benzene rings is 1. The molecule has 0 radical (unpaired) electrons. The van der Waals surface area contributed by atoms with E-state index in [0.29, 0.717) is 0 Å². The van der Waals surface area contributed by atoms with Gasteiger partial charge in [0.2, 0.25) is 0 Å². The maximum Gasteiger partial charge on any atom is 0.334 e. The Balaban J connectivity index is 2.56. The van der Waals surface area contributed by atoms with Crippen LogP contribution in [0.25, 0.3) is 0 Å².